The lowest BCUT2D eigenvalue weighted by atomic mass is 10.0. The van der Waals surface area contributed by atoms with Gasteiger partial charge in [-0.3, -0.25) is 4.79 Å². The molecule has 0 aliphatic carbocycles. The molecule has 12 heteroatoms. The molecule has 0 heterocycles. The fraction of sp³-hybridized carbons (Fsp3) is 0.300. The van der Waals surface area contributed by atoms with Crippen LogP contribution in [0.25, 0.3) is 0 Å². The highest BCUT2D eigenvalue weighted by molar-refractivity contribution is 5.90. The van der Waals surface area contributed by atoms with E-state index in [9.17, 15) is 36.3 Å². The quantitative estimate of drug-likeness (QED) is 0.145. The van der Waals surface area contributed by atoms with Crippen molar-refractivity contribution in [3.8, 4) is 0 Å². The second-order valence-electron chi connectivity index (χ2n) is 10.3. The standard InChI is InChI=1S/C30H29F5N2O5/c1-30(2,3)42-29(40)37-20(14-17-10-6-4-7-11-17)27(38)36-21(28(39)41-16-18-12-8-5-9-13-18)15-19-22(31)24(33)26(35)25(34)23(19)32/h4-13,20-21H,14-16H2,1-3H3,(H,36,38)(H,37,40)/t20-,21+/m0/s1. The van der Waals surface area contributed by atoms with Gasteiger partial charge in [0, 0.05) is 18.4 Å². The zero-order valence-corrected chi connectivity index (χ0v) is 23.0. The van der Waals surface area contributed by atoms with Crippen LogP contribution in [0.4, 0.5) is 26.7 Å². The summed E-state index contributed by atoms with van der Waals surface area (Å²) in [5.74, 6) is -13.3. The normalized spacial score (nSPS) is 12.7. The summed E-state index contributed by atoms with van der Waals surface area (Å²) in [6, 6.07) is 13.4. The highest BCUT2D eigenvalue weighted by atomic mass is 19.2. The monoisotopic (exact) mass is 592 g/mol. The number of benzene rings is 3. The number of hydrogen-bond donors (Lipinski definition) is 2. The number of carbonyl (C=O) groups is 3. The minimum atomic E-state index is -2.37. The Labute approximate surface area is 239 Å². The number of rotatable bonds is 10. The third kappa shape index (κ3) is 8.76. The molecular formula is C30H29F5N2O5. The lowest BCUT2D eigenvalue weighted by Crippen LogP contribution is -2.54. The van der Waals surface area contributed by atoms with E-state index in [1.54, 1.807) is 81.4 Å². The summed E-state index contributed by atoms with van der Waals surface area (Å²) in [5.41, 5.74) is -1.13. The van der Waals surface area contributed by atoms with Gasteiger partial charge in [0.15, 0.2) is 23.3 Å². The van der Waals surface area contributed by atoms with Crippen molar-refractivity contribution in [2.45, 2.75) is 57.9 Å². The zero-order chi connectivity index (χ0) is 31.0. The molecule has 0 radical (unpaired) electrons. The number of ether oxygens (including phenoxy) is 2. The molecule has 3 rings (SSSR count). The summed E-state index contributed by atoms with van der Waals surface area (Å²) in [5, 5.41) is 4.64. The summed E-state index contributed by atoms with van der Waals surface area (Å²) in [4.78, 5) is 39.0. The van der Waals surface area contributed by atoms with Crippen LogP contribution in [-0.4, -0.2) is 35.7 Å². The van der Waals surface area contributed by atoms with Crippen LogP contribution in [0.15, 0.2) is 60.7 Å². The zero-order valence-electron chi connectivity index (χ0n) is 23.0. The lowest BCUT2D eigenvalue weighted by molar-refractivity contribution is -0.149. The van der Waals surface area contributed by atoms with E-state index in [0.29, 0.717) is 11.1 Å². The molecule has 42 heavy (non-hydrogen) atoms. The van der Waals surface area contributed by atoms with E-state index in [2.05, 4.69) is 10.6 Å². The molecule has 0 aliphatic heterocycles. The number of hydrogen-bond acceptors (Lipinski definition) is 5. The van der Waals surface area contributed by atoms with Crippen LogP contribution < -0.4 is 10.6 Å². The summed E-state index contributed by atoms with van der Waals surface area (Å²) >= 11 is 0. The summed E-state index contributed by atoms with van der Waals surface area (Å²) in [6.45, 7) is 4.48. The second-order valence-corrected chi connectivity index (χ2v) is 10.3. The van der Waals surface area contributed by atoms with Gasteiger partial charge in [0.25, 0.3) is 0 Å². The third-order valence-electron chi connectivity index (χ3n) is 5.82. The Morgan fingerprint density at radius 2 is 1.19 bits per heavy atom. The second kappa shape index (κ2) is 13.9. The van der Waals surface area contributed by atoms with E-state index in [-0.39, 0.29) is 13.0 Å². The molecule has 0 aliphatic rings. The van der Waals surface area contributed by atoms with Gasteiger partial charge in [0.05, 0.1) is 0 Å². The molecule has 0 spiro atoms. The molecule has 0 fully saturated rings. The van der Waals surface area contributed by atoms with Gasteiger partial charge in [-0.1, -0.05) is 60.7 Å². The lowest BCUT2D eigenvalue weighted by Gasteiger charge is -2.25. The Kier molecular flexibility index (Phi) is 10.6. The van der Waals surface area contributed by atoms with Crippen molar-refractivity contribution in [1.82, 2.24) is 10.6 Å². The number of esters is 1. The van der Waals surface area contributed by atoms with Gasteiger partial charge in [-0.25, -0.2) is 31.5 Å². The van der Waals surface area contributed by atoms with Crippen molar-refractivity contribution >= 4 is 18.0 Å². The largest absolute Gasteiger partial charge is 0.459 e. The maximum Gasteiger partial charge on any atom is 0.408 e. The van der Waals surface area contributed by atoms with E-state index in [1.165, 1.54) is 0 Å². The van der Waals surface area contributed by atoms with E-state index in [0.717, 1.165) is 0 Å². The summed E-state index contributed by atoms with van der Waals surface area (Å²) in [7, 11) is 0. The third-order valence-corrected chi connectivity index (χ3v) is 5.82. The Bertz CT molecular complexity index is 1390. The maximum atomic E-state index is 14.5. The van der Waals surface area contributed by atoms with Crippen LogP contribution in [0.2, 0.25) is 0 Å². The van der Waals surface area contributed by atoms with E-state index in [1.807, 2.05) is 0 Å². The molecule has 0 aromatic heterocycles. The minimum absolute atomic E-state index is 0.0970. The summed E-state index contributed by atoms with van der Waals surface area (Å²) < 4.78 is 80.9. The van der Waals surface area contributed by atoms with Crippen molar-refractivity contribution in [3.05, 3.63) is 106 Å². The number of carbonyl (C=O) groups excluding carboxylic acids is 3. The minimum Gasteiger partial charge on any atom is -0.459 e. The van der Waals surface area contributed by atoms with Crippen LogP contribution in [-0.2, 0) is 38.5 Å². The smallest absolute Gasteiger partial charge is 0.408 e. The summed E-state index contributed by atoms with van der Waals surface area (Å²) in [6.07, 6.45) is -2.21. The molecular weight excluding hydrogens is 563 g/mol. The molecule has 224 valence electrons. The van der Waals surface area contributed by atoms with Crippen molar-refractivity contribution in [2.75, 3.05) is 0 Å². The average molecular weight is 593 g/mol. The Morgan fingerprint density at radius 1 is 0.690 bits per heavy atom. The first kappa shape index (κ1) is 32.0. The van der Waals surface area contributed by atoms with Crippen LogP contribution >= 0.6 is 0 Å². The first-order valence-electron chi connectivity index (χ1n) is 12.8. The fourth-order valence-electron chi connectivity index (χ4n) is 3.84. The molecule has 0 unspecified atom stereocenters. The molecule has 7 nitrogen and oxygen atoms in total. The van der Waals surface area contributed by atoms with Gasteiger partial charge in [0.1, 0.15) is 24.3 Å². The van der Waals surface area contributed by atoms with E-state index >= 15 is 0 Å². The molecule has 2 N–H and O–H groups in total. The highest BCUT2D eigenvalue weighted by Crippen LogP contribution is 2.24. The van der Waals surface area contributed by atoms with Crippen LogP contribution in [0, 0.1) is 29.1 Å². The molecule has 0 saturated heterocycles. The first-order chi connectivity index (χ1) is 19.8. The molecule has 2 atom stereocenters. The van der Waals surface area contributed by atoms with Crippen LogP contribution in [0.1, 0.15) is 37.5 Å². The van der Waals surface area contributed by atoms with Crippen molar-refractivity contribution in [1.29, 1.82) is 0 Å². The Balaban J connectivity index is 1.92. The Hall–Kier alpha value is -4.48. The average Bonchev–Trinajstić information content (AvgIpc) is 2.95. The number of alkyl carbamates (subject to hydrolysis) is 1. The van der Waals surface area contributed by atoms with Gasteiger partial charge in [-0.05, 0) is 31.9 Å². The van der Waals surface area contributed by atoms with E-state index < -0.39 is 76.7 Å². The number of nitrogens with one attached hydrogen (secondary N) is 2. The first-order valence-corrected chi connectivity index (χ1v) is 12.8. The van der Waals surface area contributed by atoms with Crippen molar-refractivity contribution in [3.63, 3.8) is 0 Å². The van der Waals surface area contributed by atoms with Gasteiger partial charge in [-0.2, -0.15) is 0 Å². The maximum absolute atomic E-state index is 14.5. The molecule has 0 bridgehead atoms. The topological polar surface area (TPSA) is 93.7 Å². The molecule has 3 aromatic rings. The van der Waals surface area contributed by atoms with Crippen LogP contribution in [0.3, 0.4) is 0 Å². The van der Waals surface area contributed by atoms with Crippen molar-refractivity contribution in [2.24, 2.45) is 0 Å². The predicted octanol–water partition coefficient (Wildman–Crippen LogP) is 5.29. The predicted molar refractivity (Wildman–Crippen MR) is 141 cm³/mol. The molecule has 3 aromatic carbocycles. The highest BCUT2D eigenvalue weighted by Gasteiger charge is 2.33. The van der Waals surface area contributed by atoms with Gasteiger partial charge < -0.3 is 20.1 Å². The van der Waals surface area contributed by atoms with Gasteiger partial charge >= 0.3 is 12.1 Å². The van der Waals surface area contributed by atoms with Crippen molar-refractivity contribution < 1.29 is 45.8 Å². The molecule has 0 saturated carbocycles. The fourth-order valence-corrected chi connectivity index (χ4v) is 3.84. The number of halogens is 5. The Morgan fingerprint density at radius 3 is 1.71 bits per heavy atom. The van der Waals surface area contributed by atoms with Gasteiger partial charge in [-0.15, -0.1) is 0 Å². The van der Waals surface area contributed by atoms with Gasteiger partial charge in [0.2, 0.25) is 11.7 Å². The van der Waals surface area contributed by atoms with E-state index in [4.69, 9.17) is 9.47 Å². The molecule has 2 amide bonds. The van der Waals surface area contributed by atoms with Crippen LogP contribution in [0.5, 0.6) is 0 Å². The SMILES string of the molecule is CC(C)(C)OC(=O)N[C@@H](Cc1ccccc1)C(=O)N[C@H](Cc1c(F)c(F)c(F)c(F)c1F)C(=O)OCc1ccccc1. The number of amides is 2.